The van der Waals surface area contributed by atoms with Crippen LogP contribution in [0.1, 0.15) is 52.4 Å². The molecule has 1 aliphatic carbocycles. The summed E-state index contributed by atoms with van der Waals surface area (Å²) >= 11 is 5.83. The van der Waals surface area contributed by atoms with Crippen LogP contribution in [0.4, 0.5) is 24.7 Å². The Morgan fingerprint density at radius 1 is 1.12 bits per heavy atom. The predicted molar refractivity (Wildman–Crippen MR) is 147 cm³/mol. The Labute approximate surface area is 243 Å². The first-order valence-electron chi connectivity index (χ1n) is 13.2. The normalized spacial score (nSPS) is 17.9. The molecule has 1 aliphatic heterocycles. The van der Waals surface area contributed by atoms with E-state index in [1.54, 1.807) is 22.0 Å². The molecule has 1 aromatic carbocycles. The summed E-state index contributed by atoms with van der Waals surface area (Å²) in [7, 11) is 0. The van der Waals surface area contributed by atoms with Crippen LogP contribution in [0.3, 0.4) is 0 Å². The number of rotatable bonds is 7. The van der Waals surface area contributed by atoms with Crippen LogP contribution in [0.15, 0.2) is 36.9 Å². The monoisotopic (exact) mass is 596 g/mol. The zero-order chi connectivity index (χ0) is 29.7. The summed E-state index contributed by atoms with van der Waals surface area (Å²) in [5.74, 6) is -0.571. The molecule has 10 nitrogen and oxygen atoms in total. The molecule has 0 unspecified atom stereocenters. The maximum atomic E-state index is 14.8. The van der Waals surface area contributed by atoms with Crippen molar-refractivity contribution in [1.82, 2.24) is 29.7 Å². The van der Waals surface area contributed by atoms with Crippen molar-refractivity contribution in [2.45, 2.75) is 39.7 Å². The number of carbonyl (C=O) groups excluding carboxylic acids is 2. The van der Waals surface area contributed by atoms with Crippen LogP contribution in [0.5, 0.6) is 0 Å². The minimum Gasteiger partial charge on any atom is -0.318 e. The third-order valence-electron chi connectivity index (χ3n) is 7.65. The van der Waals surface area contributed by atoms with Crippen LogP contribution < -0.4 is 10.2 Å². The largest absolute Gasteiger partial charge is 0.318 e. The van der Waals surface area contributed by atoms with E-state index in [1.807, 2.05) is 6.92 Å². The van der Waals surface area contributed by atoms with Gasteiger partial charge in [0.25, 0.3) is 12.3 Å². The van der Waals surface area contributed by atoms with Gasteiger partial charge >= 0.3 is 0 Å². The van der Waals surface area contributed by atoms with Gasteiger partial charge in [0, 0.05) is 29.8 Å². The van der Waals surface area contributed by atoms with Gasteiger partial charge in [-0.25, -0.2) is 23.1 Å². The number of benzene rings is 1. The minimum atomic E-state index is -3.00. The molecule has 0 radical (unpaired) electrons. The molecule has 216 valence electrons. The fourth-order valence-corrected chi connectivity index (χ4v) is 5.51. The summed E-state index contributed by atoms with van der Waals surface area (Å²) in [5, 5.41) is 6.54. The van der Waals surface area contributed by atoms with Crippen molar-refractivity contribution in [3.8, 4) is 11.3 Å². The molecule has 3 aromatic heterocycles. The number of fused-ring (bicyclic) bond motifs is 1. The van der Waals surface area contributed by atoms with Crippen LogP contribution in [0, 0.1) is 31.5 Å². The number of carbonyl (C=O) groups is 2. The van der Waals surface area contributed by atoms with Crippen LogP contribution in [-0.2, 0) is 11.3 Å². The molecule has 2 aliphatic rings. The van der Waals surface area contributed by atoms with Gasteiger partial charge in [-0.15, -0.1) is 0 Å². The van der Waals surface area contributed by atoms with Crippen LogP contribution in [0.2, 0.25) is 5.02 Å². The van der Waals surface area contributed by atoms with E-state index in [-0.39, 0.29) is 40.5 Å². The fourth-order valence-electron chi connectivity index (χ4n) is 5.36. The van der Waals surface area contributed by atoms with Crippen LogP contribution in [0.25, 0.3) is 11.3 Å². The lowest BCUT2D eigenvalue weighted by molar-refractivity contribution is -0.123. The Bertz CT molecular complexity index is 1730. The molecule has 4 aromatic rings. The molecule has 2 atom stereocenters. The number of amides is 2. The molecular weight excluding hydrogens is 573 g/mol. The first-order chi connectivity index (χ1) is 20.1. The SMILES string of the molecule is Cc1ncc(-c2c(C(F)F)ccc(Cl)c2F)nc1C(=O)Nc1cnn(Cc2cnc(N3C[C@H]4CC[C@H]4C3=O)c(C)n2)c1. The Hall–Kier alpha value is -4.39. The molecule has 0 spiro atoms. The smallest absolute Gasteiger partial charge is 0.276 e. The summed E-state index contributed by atoms with van der Waals surface area (Å²) < 4.78 is 43.5. The van der Waals surface area contributed by atoms with Gasteiger partial charge in [0.05, 0.1) is 58.6 Å². The van der Waals surface area contributed by atoms with Crippen LogP contribution in [-0.4, -0.2) is 48.1 Å². The molecule has 0 bridgehead atoms. The number of anilines is 2. The van der Waals surface area contributed by atoms with Gasteiger partial charge in [-0.1, -0.05) is 17.7 Å². The topological polar surface area (TPSA) is 119 Å². The molecule has 2 fully saturated rings. The predicted octanol–water partition coefficient (Wildman–Crippen LogP) is 5.15. The molecule has 42 heavy (non-hydrogen) atoms. The van der Waals surface area contributed by atoms with Gasteiger partial charge in [-0.05, 0) is 38.7 Å². The van der Waals surface area contributed by atoms with Crippen molar-refractivity contribution in [3.63, 3.8) is 0 Å². The van der Waals surface area contributed by atoms with E-state index in [4.69, 9.17) is 11.6 Å². The van der Waals surface area contributed by atoms with Gasteiger partial charge < -0.3 is 5.32 Å². The van der Waals surface area contributed by atoms with Crippen molar-refractivity contribution in [2.75, 3.05) is 16.8 Å². The van der Waals surface area contributed by atoms with Gasteiger partial charge in [0.15, 0.2) is 11.6 Å². The number of nitrogens with zero attached hydrogens (tertiary/aromatic N) is 7. The van der Waals surface area contributed by atoms with Gasteiger partial charge in [-0.3, -0.25) is 29.1 Å². The molecular formula is C28H24ClF3N8O2. The molecule has 1 N–H and O–H groups in total. The molecule has 4 heterocycles. The van der Waals surface area contributed by atoms with Crippen molar-refractivity contribution in [3.05, 3.63) is 76.1 Å². The Balaban J connectivity index is 1.17. The van der Waals surface area contributed by atoms with Gasteiger partial charge in [0.1, 0.15) is 5.69 Å². The second-order valence-electron chi connectivity index (χ2n) is 10.4. The summed E-state index contributed by atoms with van der Waals surface area (Å²) in [6.07, 6.45) is 4.70. The Morgan fingerprint density at radius 2 is 1.93 bits per heavy atom. The third kappa shape index (κ3) is 4.97. The fraction of sp³-hybridized carbons (Fsp3) is 0.321. The number of aryl methyl sites for hydroxylation is 2. The Morgan fingerprint density at radius 3 is 2.60 bits per heavy atom. The lowest BCUT2D eigenvalue weighted by atomic mass is 9.76. The van der Waals surface area contributed by atoms with E-state index in [1.165, 1.54) is 13.1 Å². The second kappa shape index (κ2) is 10.8. The highest BCUT2D eigenvalue weighted by molar-refractivity contribution is 6.31. The second-order valence-corrected chi connectivity index (χ2v) is 10.8. The maximum Gasteiger partial charge on any atom is 0.276 e. The highest BCUT2D eigenvalue weighted by Gasteiger charge is 2.47. The number of halogens is 4. The standard InChI is InChI=1S/C28H24ClF3N8O2/c1-13-24(38-21(9-33-13)22-19(25(31)32)5-6-20(29)23(22)30)27(41)37-17-8-35-39(12-17)11-16-7-34-26(14(2)36-16)40-10-15-3-4-18(15)28(40)42/h5-9,12,15,18,25H,3-4,10-11H2,1-2H3,(H,37,41)/t15-,18-/m1/s1. The molecule has 1 saturated heterocycles. The summed E-state index contributed by atoms with van der Waals surface area (Å²) in [6, 6.07) is 2.05. The van der Waals surface area contributed by atoms with Gasteiger partial charge in [-0.2, -0.15) is 5.10 Å². The summed E-state index contributed by atoms with van der Waals surface area (Å²) in [4.78, 5) is 44.7. The van der Waals surface area contributed by atoms with Crippen molar-refractivity contribution in [1.29, 1.82) is 0 Å². The maximum absolute atomic E-state index is 14.8. The van der Waals surface area contributed by atoms with E-state index in [9.17, 15) is 22.8 Å². The Kier molecular flexibility index (Phi) is 7.13. The molecule has 14 heteroatoms. The van der Waals surface area contributed by atoms with Gasteiger partial charge in [0.2, 0.25) is 5.91 Å². The third-order valence-corrected chi connectivity index (χ3v) is 7.94. The number of nitrogens with one attached hydrogen (secondary N) is 1. The zero-order valence-electron chi connectivity index (χ0n) is 22.5. The van der Waals surface area contributed by atoms with E-state index >= 15 is 0 Å². The lowest BCUT2D eigenvalue weighted by Crippen LogP contribution is -2.29. The van der Waals surface area contributed by atoms with Crippen molar-refractivity contribution >= 4 is 34.9 Å². The highest BCUT2D eigenvalue weighted by atomic mass is 35.5. The molecule has 1 saturated carbocycles. The highest BCUT2D eigenvalue weighted by Crippen LogP contribution is 2.43. The van der Waals surface area contributed by atoms with Crippen molar-refractivity contribution in [2.24, 2.45) is 11.8 Å². The zero-order valence-corrected chi connectivity index (χ0v) is 23.2. The van der Waals surface area contributed by atoms with E-state index in [0.29, 0.717) is 35.4 Å². The number of hydrogen-bond acceptors (Lipinski definition) is 7. The number of alkyl halides is 2. The summed E-state index contributed by atoms with van der Waals surface area (Å²) in [6.45, 7) is 4.25. The van der Waals surface area contributed by atoms with Crippen LogP contribution >= 0.6 is 11.6 Å². The van der Waals surface area contributed by atoms with E-state index in [2.05, 4.69) is 30.4 Å². The average molecular weight is 597 g/mol. The van der Waals surface area contributed by atoms with Crippen molar-refractivity contribution < 1.29 is 22.8 Å². The molecule has 6 rings (SSSR count). The quantitative estimate of drug-likeness (QED) is 0.313. The molecule has 2 amide bonds. The average Bonchev–Trinajstić information content (AvgIpc) is 3.45. The van der Waals surface area contributed by atoms with E-state index < -0.39 is 29.3 Å². The first-order valence-corrected chi connectivity index (χ1v) is 13.6. The number of aromatic nitrogens is 6. The summed E-state index contributed by atoms with van der Waals surface area (Å²) in [5.41, 5.74) is 0.221. The first kappa shape index (κ1) is 27.8. The van der Waals surface area contributed by atoms with E-state index in [0.717, 1.165) is 31.2 Å². The lowest BCUT2D eigenvalue weighted by Gasteiger charge is -2.25. The minimum absolute atomic E-state index is 0.105. The number of hydrogen-bond donors (Lipinski definition) is 1.